The molecule has 76 valence electrons. The largest absolute Gasteiger partial charge is 0.329 e. The minimum Gasteiger partial charge on any atom is -0.329 e. The normalized spacial score (nSPS) is 41.5. The van der Waals surface area contributed by atoms with Crippen molar-refractivity contribution < 1.29 is 0 Å². The lowest BCUT2D eigenvalue weighted by atomic mass is 10.1. The SMILES string of the molecule is CC1SCCC1N1CCCC1CN. The van der Waals surface area contributed by atoms with Gasteiger partial charge in [0.25, 0.3) is 0 Å². The summed E-state index contributed by atoms with van der Waals surface area (Å²) >= 11 is 2.12. The van der Waals surface area contributed by atoms with Gasteiger partial charge in [-0.05, 0) is 31.6 Å². The first-order valence-electron chi connectivity index (χ1n) is 5.40. The molecular weight excluding hydrogens is 180 g/mol. The van der Waals surface area contributed by atoms with E-state index in [9.17, 15) is 0 Å². The van der Waals surface area contributed by atoms with E-state index in [4.69, 9.17) is 5.73 Å². The molecule has 0 saturated carbocycles. The Morgan fingerprint density at radius 3 is 2.92 bits per heavy atom. The molecule has 2 aliphatic heterocycles. The predicted molar refractivity (Wildman–Crippen MR) is 59.1 cm³/mol. The van der Waals surface area contributed by atoms with Gasteiger partial charge in [0.05, 0.1) is 0 Å². The maximum Gasteiger partial charge on any atom is 0.0223 e. The molecule has 0 aromatic heterocycles. The van der Waals surface area contributed by atoms with Crippen LogP contribution in [0.15, 0.2) is 0 Å². The van der Waals surface area contributed by atoms with Gasteiger partial charge in [-0.25, -0.2) is 0 Å². The van der Waals surface area contributed by atoms with E-state index in [1.165, 1.54) is 31.6 Å². The van der Waals surface area contributed by atoms with Gasteiger partial charge in [0.2, 0.25) is 0 Å². The van der Waals surface area contributed by atoms with Crippen LogP contribution in [-0.4, -0.2) is 41.1 Å². The Bertz CT molecular complexity index is 174. The molecule has 2 saturated heterocycles. The number of nitrogens with two attached hydrogens (primary N) is 1. The Labute approximate surface area is 85.2 Å². The van der Waals surface area contributed by atoms with Gasteiger partial charge >= 0.3 is 0 Å². The molecule has 0 aromatic rings. The minimum absolute atomic E-state index is 0.686. The molecule has 2 aliphatic rings. The fourth-order valence-electron chi connectivity index (χ4n) is 2.70. The number of hydrogen-bond acceptors (Lipinski definition) is 3. The predicted octanol–water partition coefficient (Wildman–Crippen LogP) is 1.30. The zero-order chi connectivity index (χ0) is 9.26. The number of thioether (sulfide) groups is 1. The average molecular weight is 200 g/mol. The van der Waals surface area contributed by atoms with Crippen molar-refractivity contribution in [3.05, 3.63) is 0 Å². The van der Waals surface area contributed by atoms with Gasteiger partial charge < -0.3 is 5.73 Å². The summed E-state index contributed by atoms with van der Waals surface area (Å²) in [5, 5.41) is 0.826. The van der Waals surface area contributed by atoms with Crippen LogP contribution >= 0.6 is 11.8 Å². The molecule has 2 N–H and O–H groups in total. The van der Waals surface area contributed by atoms with E-state index in [0.29, 0.717) is 6.04 Å². The van der Waals surface area contributed by atoms with Gasteiger partial charge in [0.15, 0.2) is 0 Å². The second kappa shape index (κ2) is 4.20. The van der Waals surface area contributed by atoms with Crippen molar-refractivity contribution in [1.82, 2.24) is 4.90 Å². The molecular formula is C10H20N2S. The Morgan fingerprint density at radius 1 is 1.46 bits per heavy atom. The van der Waals surface area contributed by atoms with E-state index in [0.717, 1.165) is 17.8 Å². The molecule has 13 heavy (non-hydrogen) atoms. The van der Waals surface area contributed by atoms with E-state index in [-0.39, 0.29) is 0 Å². The van der Waals surface area contributed by atoms with Crippen LogP contribution in [0, 0.1) is 0 Å². The third-order valence-electron chi connectivity index (χ3n) is 3.46. The molecule has 2 rings (SSSR count). The van der Waals surface area contributed by atoms with Gasteiger partial charge in [-0.2, -0.15) is 11.8 Å². The highest BCUT2D eigenvalue weighted by Crippen LogP contribution is 2.33. The summed E-state index contributed by atoms with van der Waals surface area (Å²) in [5.41, 5.74) is 5.79. The molecule has 3 heteroatoms. The molecule has 0 amide bonds. The molecule has 3 atom stereocenters. The minimum atomic E-state index is 0.686. The van der Waals surface area contributed by atoms with E-state index in [2.05, 4.69) is 23.6 Å². The van der Waals surface area contributed by atoms with Crippen molar-refractivity contribution in [1.29, 1.82) is 0 Å². The van der Waals surface area contributed by atoms with Crippen LogP contribution in [0.2, 0.25) is 0 Å². The van der Waals surface area contributed by atoms with Gasteiger partial charge in [0.1, 0.15) is 0 Å². The standard InChI is InChI=1S/C10H20N2S/c1-8-10(4-6-13-8)12-5-2-3-9(12)7-11/h8-10H,2-7,11H2,1H3. The maximum absolute atomic E-state index is 5.79. The molecule has 2 fully saturated rings. The number of rotatable bonds is 2. The lowest BCUT2D eigenvalue weighted by Gasteiger charge is -2.31. The van der Waals surface area contributed by atoms with Crippen LogP contribution in [0.3, 0.4) is 0 Å². The molecule has 2 nitrogen and oxygen atoms in total. The lowest BCUT2D eigenvalue weighted by Crippen LogP contribution is -2.45. The molecule has 3 unspecified atom stereocenters. The first kappa shape index (κ1) is 9.81. The van der Waals surface area contributed by atoms with Crippen LogP contribution in [0.5, 0.6) is 0 Å². The van der Waals surface area contributed by atoms with Crippen molar-refractivity contribution in [3.8, 4) is 0 Å². The zero-order valence-corrected chi connectivity index (χ0v) is 9.22. The van der Waals surface area contributed by atoms with Crippen molar-refractivity contribution in [3.63, 3.8) is 0 Å². The summed E-state index contributed by atoms with van der Waals surface area (Å²) in [7, 11) is 0. The third-order valence-corrected chi connectivity index (χ3v) is 4.77. The van der Waals surface area contributed by atoms with Gasteiger partial charge in [-0.3, -0.25) is 4.90 Å². The summed E-state index contributed by atoms with van der Waals surface area (Å²) in [4.78, 5) is 2.67. The van der Waals surface area contributed by atoms with Crippen molar-refractivity contribution >= 4 is 11.8 Å². The van der Waals surface area contributed by atoms with Crippen molar-refractivity contribution in [2.24, 2.45) is 5.73 Å². The summed E-state index contributed by atoms with van der Waals surface area (Å²) in [6.07, 6.45) is 4.06. The average Bonchev–Trinajstić information content (AvgIpc) is 2.71. The topological polar surface area (TPSA) is 29.3 Å². The fourth-order valence-corrected chi connectivity index (χ4v) is 3.97. The highest BCUT2D eigenvalue weighted by atomic mass is 32.2. The summed E-state index contributed by atoms with van der Waals surface area (Å²) in [6, 6.07) is 1.51. The van der Waals surface area contributed by atoms with E-state index < -0.39 is 0 Å². The number of likely N-dealkylation sites (tertiary alicyclic amines) is 1. The van der Waals surface area contributed by atoms with E-state index in [1.54, 1.807) is 0 Å². The molecule has 0 radical (unpaired) electrons. The lowest BCUT2D eigenvalue weighted by molar-refractivity contribution is 0.183. The Morgan fingerprint density at radius 2 is 2.31 bits per heavy atom. The molecule has 0 bridgehead atoms. The van der Waals surface area contributed by atoms with Crippen LogP contribution < -0.4 is 5.73 Å². The van der Waals surface area contributed by atoms with Crippen LogP contribution in [0.1, 0.15) is 26.2 Å². The number of nitrogens with zero attached hydrogens (tertiary/aromatic N) is 1. The Balaban J connectivity index is 1.98. The zero-order valence-electron chi connectivity index (χ0n) is 8.41. The second-order valence-corrected chi connectivity index (χ2v) is 5.69. The van der Waals surface area contributed by atoms with E-state index >= 15 is 0 Å². The molecule has 0 spiro atoms. The van der Waals surface area contributed by atoms with E-state index in [1.807, 2.05) is 0 Å². The van der Waals surface area contributed by atoms with Gasteiger partial charge in [-0.15, -0.1) is 0 Å². The van der Waals surface area contributed by atoms with Gasteiger partial charge in [-0.1, -0.05) is 6.92 Å². The first-order chi connectivity index (χ1) is 6.33. The molecule has 2 heterocycles. The second-order valence-electron chi connectivity index (χ2n) is 4.20. The van der Waals surface area contributed by atoms with Crippen LogP contribution in [0.4, 0.5) is 0 Å². The quantitative estimate of drug-likeness (QED) is 0.728. The summed E-state index contributed by atoms with van der Waals surface area (Å²) < 4.78 is 0. The Hall–Kier alpha value is 0.270. The summed E-state index contributed by atoms with van der Waals surface area (Å²) in [5.74, 6) is 1.35. The smallest absolute Gasteiger partial charge is 0.0223 e. The highest BCUT2D eigenvalue weighted by molar-refractivity contribution is 8.00. The van der Waals surface area contributed by atoms with Crippen molar-refractivity contribution in [2.45, 2.75) is 43.5 Å². The molecule has 0 aliphatic carbocycles. The highest BCUT2D eigenvalue weighted by Gasteiger charge is 2.35. The first-order valence-corrected chi connectivity index (χ1v) is 6.45. The number of hydrogen-bond donors (Lipinski definition) is 1. The molecule has 0 aromatic carbocycles. The van der Waals surface area contributed by atoms with Crippen molar-refractivity contribution in [2.75, 3.05) is 18.8 Å². The fraction of sp³-hybridized carbons (Fsp3) is 1.00. The van der Waals surface area contributed by atoms with Crippen LogP contribution in [0.25, 0.3) is 0 Å². The third kappa shape index (κ3) is 1.88. The Kier molecular flexibility index (Phi) is 3.17. The monoisotopic (exact) mass is 200 g/mol. The maximum atomic E-state index is 5.79. The summed E-state index contributed by atoms with van der Waals surface area (Å²) in [6.45, 7) is 4.51. The van der Waals surface area contributed by atoms with Gasteiger partial charge in [0, 0.05) is 23.9 Å². The van der Waals surface area contributed by atoms with Crippen LogP contribution in [-0.2, 0) is 0 Å².